The Hall–Kier alpha value is -3.72. The van der Waals surface area contributed by atoms with Crippen LogP contribution in [0.15, 0.2) is 77.3 Å². The van der Waals surface area contributed by atoms with E-state index in [1.165, 1.54) is 24.3 Å². The Labute approximate surface area is 186 Å². The minimum atomic E-state index is -0.559. The monoisotopic (exact) mass is 484 g/mol. The maximum absolute atomic E-state index is 12.0. The minimum Gasteiger partial charge on any atom is -0.460 e. The zero-order valence-electron chi connectivity index (χ0n) is 16.1. The molecule has 0 saturated heterocycles. The van der Waals surface area contributed by atoms with Gasteiger partial charge in [-0.2, -0.15) is 0 Å². The smallest absolute Gasteiger partial charge is 0.325 e. The number of carbonyl (C=O) groups is 2. The highest BCUT2D eigenvalue weighted by Crippen LogP contribution is 2.24. The number of nitro groups is 1. The van der Waals surface area contributed by atoms with E-state index in [4.69, 9.17) is 9.47 Å². The Balaban J connectivity index is 1.44. The molecular formula is C22H17BrN2O6. The van der Waals surface area contributed by atoms with E-state index in [-0.39, 0.29) is 24.7 Å². The summed E-state index contributed by atoms with van der Waals surface area (Å²) >= 11 is 3.29. The number of halogens is 1. The van der Waals surface area contributed by atoms with E-state index < -0.39 is 10.9 Å². The van der Waals surface area contributed by atoms with Crippen molar-refractivity contribution in [1.29, 1.82) is 0 Å². The number of benzene rings is 3. The van der Waals surface area contributed by atoms with Crippen molar-refractivity contribution in [3.8, 4) is 11.5 Å². The van der Waals surface area contributed by atoms with Crippen molar-refractivity contribution in [2.75, 3.05) is 6.54 Å². The van der Waals surface area contributed by atoms with Crippen molar-refractivity contribution in [3.05, 3.63) is 98.5 Å². The van der Waals surface area contributed by atoms with E-state index >= 15 is 0 Å². The zero-order chi connectivity index (χ0) is 22.2. The van der Waals surface area contributed by atoms with Crippen LogP contribution in [0.1, 0.15) is 15.9 Å². The van der Waals surface area contributed by atoms with Crippen molar-refractivity contribution in [2.45, 2.75) is 6.61 Å². The molecule has 3 rings (SSSR count). The number of carbonyl (C=O) groups excluding carboxylic acids is 2. The molecule has 8 nitrogen and oxygen atoms in total. The first-order valence-electron chi connectivity index (χ1n) is 9.11. The number of ether oxygens (including phenoxy) is 2. The van der Waals surface area contributed by atoms with Crippen LogP contribution in [0.4, 0.5) is 5.69 Å². The van der Waals surface area contributed by atoms with Crippen LogP contribution < -0.4 is 10.1 Å². The Bertz CT molecular complexity index is 1070. The highest BCUT2D eigenvalue weighted by atomic mass is 79.9. The molecule has 9 heteroatoms. The third kappa shape index (κ3) is 6.65. The van der Waals surface area contributed by atoms with Gasteiger partial charge in [0.05, 0.1) is 4.92 Å². The van der Waals surface area contributed by atoms with Crippen LogP contribution in [0.3, 0.4) is 0 Å². The maximum Gasteiger partial charge on any atom is 0.325 e. The second-order valence-electron chi connectivity index (χ2n) is 6.35. The Morgan fingerprint density at radius 1 is 0.903 bits per heavy atom. The quantitative estimate of drug-likeness (QED) is 0.283. The molecule has 0 aliphatic rings. The largest absolute Gasteiger partial charge is 0.460 e. The van der Waals surface area contributed by atoms with Crippen molar-refractivity contribution in [3.63, 3.8) is 0 Å². The first-order chi connectivity index (χ1) is 14.9. The topological polar surface area (TPSA) is 108 Å². The van der Waals surface area contributed by atoms with E-state index in [1.807, 2.05) is 0 Å². The molecule has 0 fully saturated rings. The average Bonchev–Trinajstić information content (AvgIpc) is 2.78. The van der Waals surface area contributed by atoms with E-state index in [1.54, 1.807) is 48.5 Å². The van der Waals surface area contributed by atoms with Crippen molar-refractivity contribution in [2.24, 2.45) is 0 Å². The highest BCUT2D eigenvalue weighted by Gasteiger charge is 2.09. The van der Waals surface area contributed by atoms with Crippen LogP contribution >= 0.6 is 15.9 Å². The number of nitro benzene ring substituents is 1. The summed E-state index contributed by atoms with van der Waals surface area (Å²) in [5, 5.41) is 13.2. The summed E-state index contributed by atoms with van der Waals surface area (Å²) in [5.74, 6) is 0.0749. The van der Waals surface area contributed by atoms with Crippen LogP contribution in [-0.2, 0) is 16.1 Å². The number of rotatable bonds is 8. The molecule has 0 aliphatic heterocycles. The molecular weight excluding hydrogens is 468 g/mol. The lowest BCUT2D eigenvalue weighted by Gasteiger charge is -2.08. The first-order valence-corrected chi connectivity index (χ1v) is 9.90. The van der Waals surface area contributed by atoms with Gasteiger partial charge in [0.15, 0.2) is 0 Å². The molecule has 3 aromatic rings. The third-order valence-corrected chi connectivity index (χ3v) is 4.63. The van der Waals surface area contributed by atoms with Crippen LogP contribution in [0, 0.1) is 10.1 Å². The molecule has 31 heavy (non-hydrogen) atoms. The van der Waals surface area contributed by atoms with Crippen molar-refractivity contribution < 1.29 is 24.0 Å². The lowest BCUT2D eigenvalue weighted by molar-refractivity contribution is -0.384. The molecule has 1 N–H and O–H groups in total. The van der Waals surface area contributed by atoms with Gasteiger partial charge in [0, 0.05) is 22.2 Å². The molecule has 0 heterocycles. The summed E-state index contributed by atoms with van der Waals surface area (Å²) in [6.45, 7) is -0.193. The number of amides is 1. The molecule has 0 aromatic heterocycles. The SMILES string of the molecule is O=C(CNC(=O)c1ccc(Br)cc1)OCc1ccc(Oc2ccc([N+](=O)[O-])cc2)cc1. The predicted molar refractivity (Wildman–Crippen MR) is 116 cm³/mol. The molecule has 0 radical (unpaired) electrons. The second-order valence-corrected chi connectivity index (χ2v) is 7.26. The highest BCUT2D eigenvalue weighted by molar-refractivity contribution is 9.10. The molecule has 3 aromatic carbocycles. The van der Waals surface area contributed by atoms with Gasteiger partial charge in [0.1, 0.15) is 24.7 Å². The second kappa shape index (κ2) is 10.4. The van der Waals surface area contributed by atoms with Gasteiger partial charge in [0.2, 0.25) is 0 Å². The van der Waals surface area contributed by atoms with Gasteiger partial charge >= 0.3 is 5.97 Å². The van der Waals surface area contributed by atoms with Gasteiger partial charge in [-0.05, 0) is 54.1 Å². The zero-order valence-corrected chi connectivity index (χ0v) is 17.7. The summed E-state index contributed by atoms with van der Waals surface area (Å²) in [5.41, 5.74) is 1.17. The standard InChI is InChI=1S/C22H17BrN2O6/c23-17-5-3-16(4-6-17)22(27)24-13-21(26)30-14-15-1-9-19(10-2-15)31-20-11-7-18(8-12-20)25(28)29/h1-12H,13-14H2,(H,24,27). The van der Waals surface area contributed by atoms with Gasteiger partial charge in [-0.3, -0.25) is 19.7 Å². The van der Waals surface area contributed by atoms with E-state index in [0.29, 0.717) is 17.1 Å². The van der Waals surface area contributed by atoms with E-state index in [2.05, 4.69) is 21.2 Å². The molecule has 0 spiro atoms. The molecule has 158 valence electrons. The normalized spacial score (nSPS) is 10.2. The summed E-state index contributed by atoms with van der Waals surface area (Å²) in [6.07, 6.45) is 0. The number of hydrogen-bond donors (Lipinski definition) is 1. The number of nitrogens with zero attached hydrogens (tertiary/aromatic N) is 1. The van der Waals surface area contributed by atoms with Crippen LogP contribution in [-0.4, -0.2) is 23.3 Å². The average molecular weight is 485 g/mol. The Morgan fingerprint density at radius 3 is 2.06 bits per heavy atom. The number of esters is 1. The molecule has 0 saturated carbocycles. The third-order valence-electron chi connectivity index (χ3n) is 4.11. The fourth-order valence-electron chi connectivity index (χ4n) is 2.50. The minimum absolute atomic E-state index is 0.0162. The summed E-state index contributed by atoms with van der Waals surface area (Å²) in [4.78, 5) is 34.1. The fourth-order valence-corrected chi connectivity index (χ4v) is 2.76. The Morgan fingerprint density at radius 2 is 1.48 bits per heavy atom. The number of hydrogen-bond acceptors (Lipinski definition) is 6. The molecule has 0 unspecified atom stereocenters. The van der Waals surface area contributed by atoms with Crippen molar-refractivity contribution >= 4 is 33.5 Å². The molecule has 0 bridgehead atoms. The van der Waals surface area contributed by atoms with Crippen molar-refractivity contribution in [1.82, 2.24) is 5.32 Å². The Kier molecular flexibility index (Phi) is 7.34. The van der Waals surface area contributed by atoms with Gasteiger partial charge in [-0.15, -0.1) is 0 Å². The van der Waals surface area contributed by atoms with Gasteiger partial charge in [-0.1, -0.05) is 28.1 Å². The fraction of sp³-hybridized carbons (Fsp3) is 0.0909. The lowest BCUT2D eigenvalue weighted by Crippen LogP contribution is -2.30. The number of non-ortho nitro benzene ring substituents is 1. The van der Waals surface area contributed by atoms with E-state index in [9.17, 15) is 19.7 Å². The lowest BCUT2D eigenvalue weighted by atomic mass is 10.2. The molecule has 1 amide bonds. The van der Waals surface area contributed by atoms with Gasteiger partial charge < -0.3 is 14.8 Å². The summed E-state index contributed by atoms with van der Waals surface area (Å²) in [6, 6.07) is 19.4. The van der Waals surface area contributed by atoms with Gasteiger partial charge in [0.25, 0.3) is 11.6 Å². The van der Waals surface area contributed by atoms with E-state index in [0.717, 1.165) is 10.0 Å². The summed E-state index contributed by atoms with van der Waals surface area (Å²) in [7, 11) is 0. The molecule has 0 aliphatic carbocycles. The van der Waals surface area contributed by atoms with Crippen LogP contribution in [0.25, 0.3) is 0 Å². The van der Waals surface area contributed by atoms with Gasteiger partial charge in [-0.25, -0.2) is 0 Å². The summed E-state index contributed by atoms with van der Waals surface area (Å²) < 4.78 is 11.6. The maximum atomic E-state index is 12.0. The van der Waals surface area contributed by atoms with Crippen LogP contribution in [0.5, 0.6) is 11.5 Å². The molecule has 0 atom stereocenters. The van der Waals surface area contributed by atoms with Crippen LogP contribution in [0.2, 0.25) is 0 Å². The first kappa shape index (κ1) is 22.0. The predicted octanol–water partition coefficient (Wildman–Crippen LogP) is 4.62. The number of nitrogens with one attached hydrogen (secondary N) is 1.